The van der Waals surface area contributed by atoms with Gasteiger partial charge in [0, 0.05) is 12.1 Å². The molecular formula is C40H55N5O6. The predicted molar refractivity (Wildman–Crippen MR) is 198 cm³/mol. The first-order valence-electron chi connectivity index (χ1n) is 17.5. The SMILES string of the molecule is CC(C)[C@H](NC(=O)OCc1ccccc1)C(=O)N[C@@H](Cc1ccccc1)[C@@H](O)[C@@H](NCc1ccccc1)C(=O)N[C@H](C(=O)NC(C)(C)C)C(C)C. The molecule has 3 aromatic rings. The third-order valence-corrected chi connectivity index (χ3v) is 8.21. The number of aliphatic hydroxyl groups is 1. The summed E-state index contributed by atoms with van der Waals surface area (Å²) >= 11 is 0. The van der Waals surface area contributed by atoms with Crippen molar-refractivity contribution in [3.63, 3.8) is 0 Å². The van der Waals surface area contributed by atoms with Gasteiger partial charge in [0.15, 0.2) is 0 Å². The van der Waals surface area contributed by atoms with Crippen LogP contribution in [-0.4, -0.2) is 64.7 Å². The van der Waals surface area contributed by atoms with Crippen molar-refractivity contribution in [2.24, 2.45) is 11.8 Å². The molecule has 11 nitrogen and oxygen atoms in total. The molecular weight excluding hydrogens is 646 g/mol. The van der Waals surface area contributed by atoms with Gasteiger partial charge in [-0.3, -0.25) is 19.7 Å². The van der Waals surface area contributed by atoms with Gasteiger partial charge in [-0.05, 0) is 55.7 Å². The maximum atomic E-state index is 14.1. The van der Waals surface area contributed by atoms with Crippen LogP contribution in [0.3, 0.4) is 0 Å². The Labute approximate surface area is 302 Å². The van der Waals surface area contributed by atoms with E-state index in [-0.39, 0.29) is 37.3 Å². The Morgan fingerprint density at radius 1 is 0.627 bits per heavy atom. The fourth-order valence-corrected chi connectivity index (χ4v) is 5.47. The van der Waals surface area contributed by atoms with Crippen LogP contribution >= 0.6 is 0 Å². The smallest absolute Gasteiger partial charge is 0.408 e. The molecule has 276 valence electrons. The monoisotopic (exact) mass is 701 g/mol. The van der Waals surface area contributed by atoms with Crippen molar-refractivity contribution in [2.45, 2.75) is 104 Å². The van der Waals surface area contributed by atoms with Crippen LogP contribution in [0.25, 0.3) is 0 Å². The summed E-state index contributed by atoms with van der Waals surface area (Å²) in [5, 5.41) is 26.6. The first-order chi connectivity index (χ1) is 24.1. The number of nitrogens with one attached hydrogen (secondary N) is 5. The molecule has 0 aromatic heterocycles. The molecule has 0 unspecified atom stereocenters. The first-order valence-corrected chi connectivity index (χ1v) is 17.5. The molecule has 51 heavy (non-hydrogen) atoms. The van der Waals surface area contributed by atoms with E-state index in [9.17, 15) is 24.3 Å². The van der Waals surface area contributed by atoms with E-state index in [0.29, 0.717) is 0 Å². The van der Waals surface area contributed by atoms with E-state index in [4.69, 9.17) is 4.74 Å². The van der Waals surface area contributed by atoms with Gasteiger partial charge in [0.05, 0.1) is 12.1 Å². The summed E-state index contributed by atoms with van der Waals surface area (Å²) in [5.41, 5.74) is 1.95. The molecule has 3 aromatic carbocycles. The molecule has 11 heteroatoms. The molecule has 0 aliphatic rings. The molecule has 0 spiro atoms. The summed E-state index contributed by atoms with van der Waals surface area (Å²) in [6.07, 6.45) is -2.05. The topological polar surface area (TPSA) is 158 Å². The number of hydrogen-bond acceptors (Lipinski definition) is 7. The van der Waals surface area contributed by atoms with Crippen LogP contribution in [0.1, 0.15) is 65.2 Å². The van der Waals surface area contributed by atoms with Crippen LogP contribution in [0, 0.1) is 11.8 Å². The minimum absolute atomic E-state index is 0.0312. The minimum Gasteiger partial charge on any atom is -0.445 e. The molecule has 0 aliphatic carbocycles. The number of aliphatic hydroxyl groups excluding tert-OH is 1. The van der Waals surface area contributed by atoms with Gasteiger partial charge in [-0.2, -0.15) is 0 Å². The number of amides is 4. The van der Waals surface area contributed by atoms with Crippen LogP contribution < -0.4 is 26.6 Å². The highest BCUT2D eigenvalue weighted by Crippen LogP contribution is 2.14. The number of alkyl carbamates (subject to hydrolysis) is 1. The third kappa shape index (κ3) is 13.8. The summed E-state index contributed by atoms with van der Waals surface area (Å²) < 4.78 is 5.38. The van der Waals surface area contributed by atoms with E-state index in [1.54, 1.807) is 13.8 Å². The molecule has 0 aliphatic heterocycles. The highest BCUT2D eigenvalue weighted by atomic mass is 16.5. The molecule has 0 radical (unpaired) electrons. The zero-order valence-corrected chi connectivity index (χ0v) is 30.8. The van der Waals surface area contributed by atoms with Crippen molar-refractivity contribution in [1.82, 2.24) is 26.6 Å². The lowest BCUT2D eigenvalue weighted by atomic mass is 9.93. The van der Waals surface area contributed by atoms with E-state index in [1.165, 1.54) is 0 Å². The van der Waals surface area contributed by atoms with Crippen molar-refractivity contribution in [1.29, 1.82) is 0 Å². The largest absolute Gasteiger partial charge is 0.445 e. The van der Waals surface area contributed by atoms with Crippen LogP contribution in [0.5, 0.6) is 0 Å². The van der Waals surface area contributed by atoms with Gasteiger partial charge in [-0.25, -0.2) is 4.79 Å². The number of hydrogen-bond donors (Lipinski definition) is 6. The van der Waals surface area contributed by atoms with E-state index >= 15 is 0 Å². The van der Waals surface area contributed by atoms with Crippen LogP contribution in [0.2, 0.25) is 0 Å². The highest BCUT2D eigenvalue weighted by molar-refractivity contribution is 5.91. The zero-order chi connectivity index (χ0) is 37.6. The summed E-state index contributed by atoms with van der Waals surface area (Å²) in [5.74, 6) is -2.10. The van der Waals surface area contributed by atoms with E-state index in [0.717, 1.165) is 16.7 Å². The number of carbonyl (C=O) groups excluding carboxylic acids is 4. The standard InChI is InChI=1S/C40H55N5O6/c1-26(2)32(44-39(50)51-25-30-21-15-10-16-22-30)36(47)42-31(23-28-17-11-8-12-18-28)35(46)34(41-24-29-19-13-9-14-20-29)37(48)43-33(27(3)4)38(49)45-40(5,6)7/h8-22,26-27,31-35,41,46H,23-25H2,1-7H3,(H,42,47)(H,43,48)(H,44,50)(H,45,49)/t31-,32-,33-,34+,35+/m0/s1. The minimum atomic E-state index is -1.46. The number of rotatable bonds is 17. The predicted octanol–water partition coefficient (Wildman–Crippen LogP) is 4.24. The van der Waals surface area contributed by atoms with Crippen molar-refractivity contribution in [3.05, 3.63) is 108 Å². The van der Waals surface area contributed by atoms with Gasteiger partial charge >= 0.3 is 6.09 Å². The molecule has 5 atom stereocenters. The normalized spacial score (nSPS) is 14.5. The molecule has 0 bridgehead atoms. The molecule has 4 amide bonds. The Bertz CT molecular complexity index is 1530. The van der Waals surface area contributed by atoms with Crippen LogP contribution in [0.15, 0.2) is 91.0 Å². The maximum absolute atomic E-state index is 14.1. The lowest BCUT2D eigenvalue weighted by Gasteiger charge is -2.34. The van der Waals surface area contributed by atoms with E-state index in [2.05, 4.69) is 26.6 Å². The molecule has 0 saturated heterocycles. The molecule has 6 N–H and O–H groups in total. The zero-order valence-electron chi connectivity index (χ0n) is 30.8. The van der Waals surface area contributed by atoms with Gasteiger partial charge in [0.25, 0.3) is 0 Å². The number of benzene rings is 3. The Balaban J connectivity index is 1.90. The van der Waals surface area contributed by atoms with Gasteiger partial charge in [-0.1, -0.05) is 119 Å². The lowest BCUT2D eigenvalue weighted by Crippen LogP contribution is -2.63. The second-order valence-corrected chi connectivity index (χ2v) is 14.5. The van der Waals surface area contributed by atoms with Crippen LogP contribution in [0.4, 0.5) is 4.79 Å². The number of ether oxygens (including phenoxy) is 1. The van der Waals surface area contributed by atoms with Gasteiger partial charge in [0.1, 0.15) is 24.7 Å². The third-order valence-electron chi connectivity index (χ3n) is 8.21. The second-order valence-electron chi connectivity index (χ2n) is 14.5. The fraction of sp³-hybridized carbons (Fsp3) is 0.450. The average molecular weight is 702 g/mol. The maximum Gasteiger partial charge on any atom is 0.408 e. The van der Waals surface area contributed by atoms with Crippen molar-refractivity contribution >= 4 is 23.8 Å². The average Bonchev–Trinajstić information content (AvgIpc) is 3.08. The second kappa shape index (κ2) is 19.6. The Kier molecular flexibility index (Phi) is 15.6. The number of carbonyl (C=O) groups is 4. The fourth-order valence-electron chi connectivity index (χ4n) is 5.47. The van der Waals surface area contributed by atoms with Gasteiger partial charge in [0.2, 0.25) is 17.7 Å². The van der Waals surface area contributed by atoms with E-state index < -0.39 is 53.7 Å². The van der Waals surface area contributed by atoms with Crippen LogP contribution in [-0.2, 0) is 38.7 Å². The summed E-state index contributed by atoms with van der Waals surface area (Å²) in [4.78, 5) is 54.1. The molecule has 0 saturated carbocycles. The highest BCUT2D eigenvalue weighted by Gasteiger charge is 2.38. The Morgan fingerprint density at radius 3 is 1.61 bits per heavy atom. The van der Waals surface area contributed by atoms with Gasteiger partial charge < -0.3 is 31.1 Å². The lowest BCUT2D eigenvalue weighted by molar-refractivity contribution is -0.134. The van der Waals surface area contributed by atoms with Crippen molar-refractivity contribution in [3.8, 4) is 0 Å². The quantitative estimate of drug-likeness (QED) is 0.123. The Hall–Kier alpha value is -4.74. The molecule has 0 heterocycles. The van der Waals surface area contributed by atoms with Crippen molar-refractivity contribution in [2.75, 3.05) is 0 Å². The van der Waals surface area contributed by atoms with Gasteiger partial charge in [-0.15, -0.1) is 0 Å². The Morgan fingerprint density at radius 2 is 1.10 bits per heavy atom. The first kappa shape index (κ1) is 40.7. The molecule has 0 fully saturated rings. The summed E-state index contributed by atoms with van der Waals surface area (Å²) in [6, 6.07) is 23.8. The summed E-state index contributed by atoms with van der Waals surface area (Å²) in [6.45, 7) is 13.1. The summed E-state index contributed by atoms with van der Waals surface area (Å²) in [7, 11) is 0. The van der Waals surface area contributed by atoms with Crippen molar-refractivity contribution < 1.29 is 29.0 Å². The molecule has 3 rings (SSSR count). The van der Waals surface area contributed by atoms with E-state index in [1.807, 2.05) is 126 Å².